The first kappa shape index (κ1) is 23.4. The number of nitrogens with one attached hydrogen (secondary N) is 2. The molecule has 2 amide bonds. The molecule has 1 fully saturated rings. The average molecular weight is 471 g/mol. The number of thiophene rings is 1. The van der Waals surface area contributed by atoms with Gasteiger partial charge in [0, 0.05) is 13.1 Å². The van der Waals surface area contributed by atoms with Crippen LogP contribution in [0.4, 0.5) is 0 Å². The summed E-state index contributed by atoms with van der Waals surface area (Å²) in [5, 5.41) is 1.52. The standard InChI is InChI=1S/C19H26N4O6S2/c1-3-22(4-2)13-14-5-6-15(29-14)18(24)20-21-19(25)17-16(7-12-30-17)31(26,27)23-8-10-28-11-9-23/h5-7,12H,3-4,8-11,13H2,1-2H3,(H,20,24)(H,21,25). The summed E-state index contributed by atoms with van der Waals surface area (Å²) in [5.74, 6) is -0.662. The zero-order valence-electron chi connectivity index (χ0n) is 17.4. The van der Waals surface area contributed by atoms with Gasteiger partial charge in [0.2, 0.25) is 10.0 Å². The predicted molar refractivity (Wildman–Crippen MR) is 114 cm³/mol. The number of nitrogens with zero attached hydrogens (tertiary/aromatic N) is 2. The summed E-state index contributed by atoms with van der Waals surface area (Å²) in [4.78, 5) is 26.9. The predicted octanol–water partition coefficient (Wildman–Crippen LogP) is 1.28. The molecule has 0 radical (unpaired) electrons. The fourth-order valence-corrected chi connectivity index (χ4v) is 5.78. The van der Waals surface area contributed by atoms with E-state index in [4.69, 9.17) is 9.15 Å². The van der Waals surface area contributed by atoms with Gasteiger partial charge in [-0.3, -0.25) is 25.3 Å². The van der Waals surface area contributed by atoms with Crippen molar-refractivity contribution in [2.75, 3.05) is 39.4 Å². The summed E-state index contributed by atoms with van der Waals surface area (Å²) in [6, 6.07) is 4.62. The van der Waals surface area contributed by atoms with Crippen molar-refractivity contribution in [2.45, 2.75) is 25.3 Å². The Kier molecular flexibility index (Phi) is 7.84. The maximum atomic E-state index is 12.9. The third-order valence-corrected chi connectivity index (χ3v) is 7.86. The van der Waals surface area contributed by atoms with E-state index in [-0.39, 0.29) is 28.6 Å². The van der Waals surface area contributed by atoms with Crippen molar-refractivity contribution < 1.29 is 27.2 Å². The summed E-state index contributed by atoms with van der Waals surface area (Å²) in [6.07, 6.45) is 0. The van der Waals surface area contributed by atoms with Crippen molar-refractivity contribution in [2.24, 2.45) is 0 Å². The highest BCUT2D eigenvalue weighted by Gasteiger charge is 2.31. The van der Waals surface area contributed by atoms with Gasteiger partial charge in [-0.1, -0.05) is 13.8 Å². The fraction of sp³-hybridized carbons (Fsp3) is 0.474. The SMILES string of the molecule is CCN(CC)Cc1ccc(C(=O)NNC(=O)c2sccc2S(=O)(=O)N2CCOCC2)o1. The number of carbonyl (C=O) groups is 2. The normalized spacial score (nSPS) is 15.2. The van der Waals surface area contributed by atoms with Crippen LogP contribution in [0.5, 0.6) is 0 Å². The number of amides is 2. The number of ether oxygens (including phenoxy) is 1. The summed E-state index contributed by atoms with van der Waals surface area (Å²) < 4.78 is 37.7. The van der Waals surface area contributed by atoms with Gasteiger partial charge < -0.3 is 9.15 Å². The number of hydrogen-bond acceptors (Lipinski definition) is 8. The molecule has 2 N–H and O–H groups in total. The van der Waals surface area contributed by atoms with Crippen molar-refractivity contribution in [1.82, 2.24) is 20.1 Å². The first-order chi connectivity index (χ1) is 14.9. The molecule has 12 heteroatoms. The molecule has 0 unspecified atom stereocenters. The minimum absolute atomic E-state index is 0.00606. The molecule has 0 atom stereocenters. The monoisotopic (exact) mass is 470 g/mol. The van der Waals surface area contributed by atoms with Crippen LogP contribution in [0.15, 0.2) is 32.9 Å². The van der Waals surface area contributed by atoms with Crippen LogP contribution in [0.2, 0.25) is 0 Å². The van der Waals surface area contributed by atoms with Crippen LogP contribution in [0, 0.1) is 0 Å². The maximum absolute atomic E-state index is 12.9. The fourth-order valence-electron chi connectivity index (χ4n) is 3.08. The molecule has 3 heterocycles. The van der Waals surface area contributed by atoms with Gasteiger partial charge >= 0.3 is 5.91 Å². The van der Waals surface area contributed by atoms with Crippen molar-refractivity contribution >= 4 is 33.2 Å². The van der Waals surface area contributed by atoms with Crippen LogP contribution in [0.25, 0.3) is 0 Å². The molecule has 1 aliphatic rings. The Labute approximate surface area is 185 Å². The molecule has 3 rings (SSSR count). The highest BCUT2D eigenvalue weighted by Crippen LogP contribution is 2.25. The second-order valence-electron chi connectivity index (χ2n) is 6.77. The van der Waals surface area contributed by atoms with E-state index in [0.29, 0.717) is 25.5 Å². The minimum atomic E-state index is -3.83. The zero-order valence-corrected chi connectivity index (χ0v) is 19.1. The second-order valence-corrected chi connectivity index (χ2v) is 9.59. The van der Waals surface area contributed by atoms with E-state index in [0.717, 1.165) is 24.4 Å². The quantitative estimate of drug-likeness (QED) is 0.558. The smallest absolute Gasteiger partial charge is 0.305 e. The van der Waals surface area contributed by atoms with Crippen LogP contribution >= 0.6 is 11.3 Å². The summed E-state index contributed by atoms with van der Waals surface area (Å²) in [6.45, 7) is 7.41. The number of sulfonamides is 1. The van der Waals surface area contributed by atoms with Gasteiger partial charge in [0.25, 0.3) is 5.91 Å². The first-order valence-corrected chi connectivity index (χ1v) is 12.3. The number of rotatable bonds is 8. The Morgan fingerprint density at radius 2 is 1.77 bits per heavy atom. The van der Waals surface area contributed by atoms with E-state index in [1.807, 2.05) is 13.8 Å². The highest BCUT2D eigenvalue weighted by atomic mass is 32.2. The van der Waals surface area contributed by atoms with Crippen molar-refractivity contribution in [3.8, 4) is 0 Å². The van der Waals surface area contributed by atoms with Gasteiger partial charge in [-0.25, -0.2) is 8.42 Å². The molecule has 10 nitrogen and oxygen atoms in total. The van der Waals surface area contributed by atoms with Crippen LogP contribution in [-0.2, 0) is 21.3 Å². The molecule has 0 bridgehead atoms. The third-order valence-electron chi connectivity index (χ3n) is 4.87. The number of furan rings is 1. The molecule has 2 aromatic heterocycles. The van der Waals surface area contributed by atoms with Crippen LogP contribution in [-0.4, -0.2) is 68.8 Å². The van der Waals surface area contributed by atoms with Crippen molar-refractivity contribution in [3.05, 3.63) is 40.0 Å². The van der Waals surface area contributed by atoms with Gasteiger partial charge in [-0.2, -0.15) is 4.31 Å². The average Bonchev–Trinajstić information content (AvgIpc) is 3.46. The van der Waals surface area contributed by atoms with Crippen LogP contribution < -0.4 is 10.9 Å². The Balaban J connectivity index is 1.62. The maximum Gasteiger partial charge on any atom is 0.305 e. The van der Waals surface area contributed by atoms with Gasteiger partial charge in [0.15, 0.2) is 5.76 Å². The Morgan fingerprint density at radius 3 is 2.45 bits per heavy atom. The largest absolute Gasteiger partial charge is 0.454 e. The van der Waals surface area contributed by atoms with E-state index in [2.05, 4.69) is 15.8 Å². The lowest BCUT2D eigenvalue weighted by Gasteiger charge is -2.26. The molecule has 0 aromatic carbocycles. The molecule has 2 aromatic rings. The molecular weight excluding hydrogens is 444 g/mol. The zero-order chi connectivity index (χ0) is 22.4. The molecule has 1 aliphatic heterocycles. The van der Waals surface area contributed by atoms with E-state index in [1.165, 1.54) is 21.8 Å². The number of carbonyl (C=O) groups excluding carboxylic acids is 2. The molecular formula is C19H26N4O6S2. The van der Waals surface area contributed by atoms with E-state index < -0.39 is 21.8 Å². The molecule has 0 aliphatic carbocycles. The summed E-state index contributed by atoms with van der Waals surface area (Å²) in [5.41, 5.74) is 4.54. The Bertz CT molecular complexity index is 1010. The topological polar surface area (TPSA) is 121 Å². The van der Waals surface area contributed by atoms with Gasteiger partial charge in [-0.15, -0.1) is 11.3 Å². The second kappa shape index (κ2) is 10.4. The van der Waals surface area contributed by atoms with Gasteiger partial charge in [0.1, 0.15) is 15.5 Å². The third kappa shape index (κ3) is 5.52. The highest BCUT2D eigenvalue weighted by molar-refractivity contribution is 7.89. The molecule has 31 heavy (non-hydrogen) atoms. The minimum Gasteiger partial charge on any atom is -0.454 e. The van der Waals surface area contributed by atoms with Crippen LogP contribution in [0.3, 0.4) is 0 Å². The summed E-state index contributed by atoms with van der Waals surface area (Å²) >= 11 is 0.983. The van der Waals surface area contributed by atoms with Crippen molar-refractivity contribution in [1.29, 1.82) is 0 Å². The van der Waals surface area contributed by atoms with Crippen molar-refractivity contribution in [3.63, 3.8) is 0 Å². The van der Waals surface area contributed by atoms with Gasteiger partial charge in [-0.05, 0) is 36.7 Å². The number of morpholine rings is 1. The summed E-state index contributed by atoms with van der Waals surface area (Å²) in [7, 11) is -3.83. The number of hydrogen-bond donors (Lipinski definition) is 2. The van der Waals surface area contributed by atoms with Crippen LogP contribution in [0.1, 0.15) is 39.8 Å². The molecule has 1 saturated heterocycles. The van der Waals surface area contributed by atoms with E-state index >= 15 is 0 Å². The lowest BCUT2D eigenvalue weighted by molar-refractivity contribution is 0.0729. The Hall–Kier alpha value is -2.25. The molecule has 170 valence electrons. The lowest BCUT2D eigenvalue weighted by atomic mass is 10.4. The van der Waals surface area contributed by atoms with E-state index in [1.54, 1.807) is 6.07 Å². The van der Waals surface area contributed by atoms with E-state index in [9.17, 15) is 18.0 Å². The first-order valence-electron chi connectivity index (χ1n) is 9.94. The lowest BCUT2D eigenvalue weighted by Crippen LogP contribution is -2.43. The molecule has 0 spiro atoms. The molecule has 0 saturated carbocycles. The van der Waals surface area contributed by atoms with Gasteiger partial charge in [0.05, 0.1) is 19.8 Å². The Morgan fingerprint density at radius 1 is 1.10 bits per heavy atom. The number of hydrazine groups is 1.